The molecule has 0 heterocycles. The van der Waals surface area contributed by atoms with Gasteiger partial charge >= 0.3 is 0 Å². The molecular weight excluding hydrogens is 240 g/mol. The molecule has 2 heteroatoms. The molecule has 0 atom stereocenters. The number of halogens is 1. The van der Waals surface area contributed by atoms with Gasteiger partial charge in [-0.3, -0.25) is 4.79 Å². The quantitative estimate of drug-likeness (QED) is 0.575. The van der Waals surface area contributed by atoms with Crippen LogP contribution in [0.3, 0.4) is 0 Å². The van der Waals surface area contributed by atoms with Crippen LogP contribution in [0.2, 0.25) is 0 Å². The number of benzene rings is 1. The van der Waals surface area contributed by atoms with Crippen LogP contribution >= 0.6 is 15.9 Å². The van der Waals surface area contributed by atoms with Crippen LogP contribution in [0.5, 0.6) is 0 Å². The van der Waals surface area contributed by atoms with E-state index in [2.05, 4.69) is 28.9 Å². The Morgan fingerprint density at radius 3 is 2.79 bits per heavy atom. The summed E-state index contributed by atoms with van der Waals surface area (Å²) >= 11 is 2.96. The average molecular weight is 255 g/mol. The molecule has 1 nitrogen and oxygen atoms in total. The van der Waals surface area contributed by atoms with Gasteiger partial charge in [0.15, 0.2) is 0 Å². The average Bonchev–Trinajstić information content (AvgIpc) is 2.19. The lowest BCUT2D eigenvalue weighted by Gasteiger charge is -2.01. The Hall–Kier alpha value is -0.630. The Morgan fingerprint density at radius 2 is 2.14 bits per heavy atom. The van der Waals surface area contributed by atoms with E-state index in [9.17, 15) is 4.79 Å². The monoisotopic (exact) mass is 254 g/mol. The van der Waals surface area contributed by atoms with Crippen molar-refractivity contribution >= 4 is 20.6 Å². The van der Waals surface area contributed by atoms with Gasteiger partial charge in [0.25, 0.3) is 0 Å². The fourth-order valence-electron chi connectivity index (χ4n) is 1.43. The molecule has 0 radical (unpaired) electrons. The molecule has 0 N–H and O–H groups in total. The number of aryl methyl sites for hydroxylation is 1. The zero-order valence-corrected chi connectivity index (χ0v) is 10.0. The predicted molar refractivity (Wildman–Crippen MR) is 62.9 cm³/mol. The minimum Gasteiger partial charge on any atom is -0.281 e. The van der Waals surface area contributed by atoms with Gasteiger partial charge in [0.2, 0.25) is 4.69 Å². The van der Waals surface area contributed by atoms with E-state index in [-0.39, 0.29) is 4.69 Å². The van der Waals surface area contributed by atoms with Crippen LogP contribution in [0.1, 0.15) is 42.1 Å². The lowest BCUT2D eigenvalue weighted by atomic mass is 10.1. The molecule has 0 aliphatic rings. The normalized spacial score (nSPS) is 10.1. The van der Waals surface area contributed by atoms with Crippen LogP contribution in [0.15, 0.2) is 24.3 Å². The summed E-state index contributed by atoms with van der Waals surface area (Å²) in [7, 11) is 0. The number of hydrogen-bond acceptors (Lipinski definition) is 1. The smallest absolute Gasteiger partial charge is 0.228 e. The summed E-state index contributed by atoms with van der Waals surface area (Å²) in [5.74, 6) is 0. The van der Waals surface area contributed by atoms with E-state index in [0.29, 0.717) is 0 Å². The lowest BCUT2D eigenvalue weighted by Crippen LogP contribution is -1.91. The Kier molecular flexibility index (Phi) is 4.88. The highest BCUT2D eigenvalue weighted by Crippen LogP contribution is 2.11. The van der Waals surface area contributed by atoms with Crippen LogP contribution in [0, 0.1) is 0 Å². The van der Waals surface area contributed by atoms with Crippen molar-refractivity contribution in [2.75, 3.05) is 0 Å². The van der Waals surface area contributed by atoms with Crippen molar-refractivity contribution in [2.45, 2.75) is 32.6 Å². The first-order valence-electron chi connectivity index (χ1n) is 5.03. The minimum atomic E-state index is -0.0326. The van der Waals surface area contributed by atoms with Crippen molar-refractivity contribution in [3.8, 4) is 0 Å². The molecule has 1 rings (SSSR count). The third-order valence-electron chi connectivity index (χ3n) is 2.22. The molecule has 1 aromatic rings. The van der Waals surface area contributed by atoms with E-state index in [1.54, 1.807) is 0 Å². The topological polar surface area (TPSA) is 17.1 Å². The Labute approximate surface area is 93.7 Å². The van der Waals surface area contributed by atoms with E-state index in [1.807, 2.05) is 18.2 Å². The molecule has 0 fully saturated rings. The van der Waals surface area contributed by atoms with Gasteiger partial charge in [0.05, 0.1) is 0 Å². The van der Waals surface area contributed by atoms with E-state index >= 15 is 0 Å². The SMILES string of the molecule is CCCCCc1cccc(C(=O)Br)c1. The van der Waals surface area contributed by atoms with Gasteiger partial charge in [-0.25, -0.2) is 0 Å². The van der Waals surface area contributed by atoms with Crippen molar-refractivity contribution in [3.05, 3.63) is 35.4 Å². The first-order chi connectivity index (χ1) is 6.74. The fraction of sp³-hybridized carbons (Fsp3) is 0.417. The fourth-order valence-corrected chi connectivity index (χ4v) is 1.67. The summed E-state index contributed by atoms with van der Waals surface area (Å²) in [6.45, 7) is 2.19. The van der Waals surface area contributed by atoms with Crippen LogP contribution in [-0.4, -0.2) is 4.69 Å². The molecule has 0 saturated heterocycles. The molecule has 0 aliphatic heterocycles. The van der Waals surface area contributed by atoms with Crippen LogP contribution in [0.4, 0.5) is 0 Å². The molecule has 0 amide bonds. The summed E-state index contributed by atoms with van der Waals surface area (Å²) in [5, 5.41) is 0. The van der Waals surface area contributed by atoms with Gasteiger partial charge in [0, 0.05) is 5.56 Å². The molecule has 0 aromatic heterocycles. The standard InChI is InChI=1S/C12H15BrO/c1-2-3-4-6-10-7-5-8-11(9-10)12(13)14/h5,7-9H,2-4,6H2,1H3. The number of rotatable bonds is 5. The summed E-state index contributed by atoms with van der Waals surface area (Å²) in [4.78, 5) is 11.0. The summed E-state index contributed by atoms with van der Waals surface area (Å²) in [5.41, 5.74) is 2.00. The first kappa shape index (κ1) is 11.4. The predicted octanol–water partition coefficient (Wildman–Crippen LogP) is 3.95. The number of unbranched alkanes of at least 4 members (excludes halogenated alkanes) is 2. The molecule has 0 aliphatic carbocycles. The zero-order valence-electron chi connectivity index (χ0n) is 8.42. The van der Waals surface area contributed by atoms with Crippen molar-refractivity contribution < 1.29 is 4.79 Å². The molecule has 0 spiro atoms. The van der Waals surface area contributed by atoms with E-state index in [0.717, 1.165) is 12.0 Å². The van der Waals surface area contributed by atoms with Gasteiger partial charge in [0.1, 0.15) is 0 Å². The maximum Gasteiger partial charge on any atom is 0.228 e. The highest BCUT2D eigenvalue weighted by Gasteiger charge is 2.01. The van der Waals surface area contributed by atoms with E-state index < -0.39 is 0 Å². The molecular formula is C12H15BrO. The Morgan fingerprint density at radius 1 is 1.36 bits per heavy atom. The minimum absolute atomic E-state index is 0.0326. The van der Waals surface area contributed by atoms with Gasteiger partial charge < -0.3 is 0 Å². The van der Waals surface area contributed by atoms with Crippen LogP contribution < -0.4 is 0 Å². The second kappa shape index (κ2) is 5.97. The third kappa shape index (κ3) is 3.62. The maximum absolute atomic E-state index is 11.0. The molecule has 0 unspecified atom stereocenters. The lowest BCUT2D eigenvalue weighted by molar-refractivity contribution is 0.109. The summed E-state index contributed by atoms with van der Waals surface area (Å²) < 4.78 is -0.0326. The third-order valence-corrected chi connectivity index (χ3v) is 2.68. The molecule has 76 valence electrons. The zero-order chi connectivity index (χ0) is 10.4. The van der Waals surface area contributed by atoms with Gasteiger partial charge in [-0.2, -0.15) is 0 Å². The van der Waals surface area contributed by atoms with Crippen molar-refractivity contribution in [1.82, 2.24) is 0 Å². The Balaban J connectivity index is 2.59. The number of carbonyl (C=O) groups is 1. The molecule has 14 heavy (non-hydrogen) atoms. The number of carbonyl (C=O) groups excluding carboxylic acids is 1. The Bertz CT molecular complexity index is 307. The maximum atomic E-state index is 11.0. The van der Waals surface area contributed by atoms with Crippen molar-refractivity contribution in [3.63, 3.8) is 0 Å². The second-order valence-electron chi connectivity index (χ2n) is 3.43. The number of hydrogen-bond donors (Lipinski definition) is 0. The van der Waals surface area contributed by atoms with Gasteiger partial charge in [-0.05, 0) is 40.4 Å². The van der Waals surface area contributed by atoms with E-state index in [4.69, 9.17) is 0 Å². The van der Waals surface area contributed by atoms with Gasteiger partial charge in [-0.1, -0.05) is 38.0 Å². The molecule has 1 aromatic carbocycles. The van der Waals surface area contributed by atoms with Crippen molar-refractivity contribution in [1.29, 1.82) is 0 Å². The highest BCUT2D eigenvalue weighted by atomic mass is 79.9. The highest BCUT2D eigenvalue weighted by molar-refractivity contribution is 9.18. The van der Waals surface area contributed by atoms with Gasteiger partial charge in [-0.15, -0.1) is 0 Å². The van der Waals surface area contributed by atoms with Crippen molar-refractivity contribution in [2.24, 2.45) is 0 Å². The van der Waals surface area contributed by atoms with E-state index in [1.165, 1.54) is 24.8 Å². The molecule has 0 saturated carbocycles. The largest absolute Gasteiger partial charge is 0.281 e. The summed E-state index contributed by atoms with van der Waals surface area (Å²) in [6, 6.07) is 7.82. The van der Waals surface area contributed by atoms with Crippen LogP contribution in [-0.2, 0) is 6.42 Å². The second-order valence-corrected chi connectivity index (χ2v) is 4.15. The van der Waals surface area contributed by atoms with Crippen LogP contribution in [0.25, 0.3) is 0 Å². The summed E-state index contributed by atoms with van der Waals surface area (Å²) in [6.07, 6.45) is 4.77. The first-order valence-corrected chi connectivity index (χ1v) is 5.82. The molecule has 0 bridgehead atoms.